The Kier molecular flexibility index (Phi) is 6.18. The van der Waals surface area contributed by atoms with E-state index in [-0.39, 0.29) is 0 Å². The molecule has 6 nitrogen and oxygen atoms in total. The fourth-order valence-electron chi connectivity index (χ4n) is 3.18. The van der Waals surface area contributed by atoms with Gasteiger partial charge in [-0.2, -0.15) is 0 Å². The number of aliphatic imine (C=N–C) groups is 1. The number of piperazine rings is 1. The molecule has 0 spiro atoms. The first-order chi connectivity index (χ1) is 11.8. The van der Waals surface area contributed by atoms with E-state index in [1.54, 1.807) is 7.11 Å². The number of nitrogens with one attached hydrogen (secondary N) is 2. The molecular formula is C18H29N5O. The topological polar surface area (TPSA) is 52.1 Å². The maximum Gasteiger partial charge on any atom is 0.191 e. The summed E-state index contributed by atoms with van der Waals surface area (Å²) >= 11 is 0. The SMILES string of the molecule is COc1ccc(N2CCN(CCCNC3=NCCCN3)CC2)cc1. The fraction of sp³-hybridized carbons (Fsp3) is 0.611. The molecule has 0 saturated carbocycles. The van der Waals surface area contributed by atoms with Crippen LogP contribution < -0.4 is 20.3 Å². The van der Waals surface area contributed by atoms with Crippen LogP contribution in [0.25, 0.3) is 0 Å². The normalized spacial score (nSPS) is 18.7. The zero-order chi connectivity index (χ0) is 16.6. The van der Waals surface area contributed by atoms with Crippen LogP contribution in [0.3, 0.4) is 0 Å². The minimum absolute atomic E-state index is 0.918. The molecule has 6 heteroatoms. The highest BCUT2D eigenvalue weighted by Gasteiger charge is 2.16. The molecular weight excluding hydrogens is 302 g/mol. The molecule has 0 unspecified atom stereocenters. The molecule has 1 aromatic carbocycles. The van der Waals surface area contributed by atoms with Gasteiger partial charge in [-0.05, 0) is 43.7 Å². The molecule has 24 heavy (non-hydrogen) atoms. The summed E-state index contributed by atoms with van der Waals surface area (Å²) in [6, 6.07) is 8.37. The monoisotopic (exact) mass is 331 g/mol. The minimum atomic E-state index is 0.918. The summed E-state index contributed by atoms with van der Waals surface area (Å²) in [5, 5.41) is 6.70. The highest BCUT2D eigenvalue weighted by molar-refractivity contribution is 5.80. The third-order valence-corrected chi connectivity index (χ3v) is 4.65. The van der Waals surface area contributed by atoms with Gasteiger partial charge in [-0.1, -0.05) is 0 Å². The van der Waals surface area contributed by atoms with E-state index in [4.69, 9.17) is 4.74 Å². The van der Waals surface area contributed by atoms with Crippen LogP contribution in [-0.4, -0.2) is 70.3 Å². The largest absolute Gasteiger partial charge is 0.497 e. The molecule has 2 N–H and O–H groups in total. The zero-order valence-corrected chi connectivity index (χ0v) is 14.6. The molecule has 3 rings (SSSR count). The molecule has 0 bridgehead atoms. The van der Waals surface area contributed by atoms with Crippen LogP contribution in [0.15, 0.2) is 29.3 Å². The second-order valence-electron chi connectivity index (χ2n) is 6.32. The Bertz CT molecular complexity index is 523. The van der Waals surface area contributed by atoms with Crippen molar-refractivity contribution < 1.29 is 4.74 Å². The van der Waals surface area contributed by atoms with Crippen LogP contribution >= 0.6 is 0 Å². The standard InChI is InChI=1S/C18H29N5O/c1-24-17-6-4-16(5-7-17)23-14-12-22(13-15-23)11-3-10-21-18-19-8-2-9-20-18/h4-7H,2-3,8-15H2,1H3,(H2,19,20,21). The summed E-state index contributed by atoms with van der Waals surface area (Å²) in [6.07, 6.45) is 2.30. The summed E-state index contributed by atoms with van der Waals surface area (Å²) in [5.41, 5.74) is 1.29. The van der Waals surface area contributed by atoms with Crippen molar-refractivity contribution in [2.75, 3.05) is 64.4 Å². The molecule has 0 atom stereocenters. The van der Waals surface area contributed by atoms with Gasteiger partial charge in [-0.15, -0.1) is 0 Å². The lowest BCUT2D eigenvalue weighted by molar-refractivity contribution is 0.255. The maximum absolute atomic E-state index is 5.23. The summed E-state index contributed by atoms with van der Waals surface area (Å²) in [4.78, 5) is 9.44. The van der Waals surface area contributed by atoms with E-state index in [0.29, 0.717) is 0 Å². The first-order valence-electron chi connectivity index (χ1n) is 8.99. The predicted octanol–water partition coefficient (Wildman–Crippen LogP) is 1.15. The zero-order valence-electron chi connectivity index (χ0n) is 14.6. The minimum Gasteiger partial charge on any atom is -0.497 e. The summed E-state index contributed by atoms with van der Waals surface area (Å²) in [5.74, 6) is 1.90. The third-order valence-electron chi connectivity index (χ3n) is 4.65. The van der Waals surface area contributed by atoms with Crippen molar-refractivity contribution in [2.45, 2.75) is 12.8 Å². The van der Waals surface area contributed by atoms with Crippen molar-refractivity contribution >= 4 is 11.6 Å². The Hall–Kier alpha value is -1.95. The van der Waals surface area contributed by atoms with Crippen molar-refractivity contribution in [3.8, 4) is 5.75 Å². The van der Waals surface area contributed by atoms with E-state index in [0.717, 1.165) is 76.9 Å². The van der Waals surface area contributed by atoms with Gasteiger partial charge >= 0.3 is 0 Å². The van der Waals surface area contributed by atoms with E-state index in [2.05, 4.69) is 37.6 Å². The number of hydrogen-bond donors (Lipinski definition) is 2. The molecule has 0 aliphatic carbocycles. The highest BCUT2D eigenvalue weighted by Crippen LogP contribution is 2.20. The quantitative estimate of drug-likeness (QED) is 0.766. The first-order valence-corrected chi connectivity index (χ1v) is 8.99. The summed E-state index contributed by atoms with van der Waals surface area (Å²) in [6.45, 7) is 8.57. The number of guanidine groups is 1. The number of rotatable bonds is 6. The second kappa shape index (κ2) is 8.78. The average molecular weight is 331 g/mol. The van der Waals surface area contributed by atoms with Crippen LogP contribution in [0.5, 0.6) is 5.75 Å². The molecule has 2 heterocycles. The van der Waals surface area contributed by atoms with Gasteiger partial charge in [0.2, 0.25) is 0 Å². The number of methoxy groups -OCH3 is 1. The van der Waals surface area contributed by atoms with Crippen LogP contribution in [0, 0.1) is 0 Å². The number of anilines is 1. The molecule has 0 radical (unpaired) electrons. The van der Waals surface area contributed by atoms with Crippen LogP contribution in [-0.2, 0) is 0 Å². The molecule has 1 saturated heterocycles. The number of benzene rings is 1. The summed E-state index contributed by atoms with van der Waals surface area (Å²) in [7, 11) is 1.71. The molecule has 2 aliphatic rings. The van der Waals surface area contributed by atoms with E-state index in [1.165, 1.54) is 5.69 Å². The molecule has 2 aliphatic heterocycles. The number of nitrogens with zero attached hydrogens (tertiary/aromatic N) is 3. The van der Waals surface area contributed by atoms with E-state index >= 15 is 0 Å². The third kappa shape index (κ3) is 4.77. The van der Waals surface area contributed by atoms with Gasteiger partial charge in [0.25, 0.3) is 0 Å². The Morgan fingerprint density at radius 3 is 2.62 bits per heavy atom. The van der Waals surface area contributed by atoms with Gasteiger partial charge in [0.05, 0.1) is 7.11 Å². The highest BCUT2D eigenvalue weighted by atomic mass is 16.5. The lowest BCUT2D eigenvalue weighted by atomic mass is 10.2. The molecule has 1 aromatic rings. The van der Waals surface area contributed by atoms with Gasteiger partial charge < -0.3 is 20.3 Å². The molecule has 0 amide bonds. The first kappa shape index (κ1) is 16.9. The predicted molar refractivity (Wildman–Crippen MR) is 99.2 cm³/mol. The lowest BCUT2D eigenvalue weighted by Gasteiger charge is -2.36. The maximum atomic E-state index is 5.23. The smallest absolute Gasteiger partial charge is 0.191 e. The van der Waals surface area contributed by atoms with Gasteiger partial charge in [0, 0.05) is 51.5 Å². The fourth-order valence-corrected chi connectivity index (χ4v) is 3.18. The van der Waals surface area contributed by atoms with Crippen molar-refractivity contribution in [3.05, 3.63) is 24.3 Å². The van der Waals surface area contributed by atoms with Crippen molar-refractivity contribution in [1.82, 2.24) is 15.5 Å². The van der Waals surface area contributed by atoms with Gasteiger partial charge in [-0.3, -0.25) is 9.89 Å². The van der Waals surface area contributed by atoms with Crippen molar-refractivity contribution in [2.24, 2.45) is 4.99 Å². The molecule has 1 fully saturated rings. The Morgan fingerprint density at radius 2 is 1.96 bits per heavy atom. The molecule has 132 valence electrons. The van der Waals surface area contributed by atoms with E-state index < -0.39 is 0 Å². The van der Waals surface area contributed by atoms with E-state index in [1.807, 2.05) is 12.1 Å². The van der Waals surface area contributed by atoms with Crippen molar-refractivity contribution in [3.63, 3.8) is 0 Å². The van der Waals surface area contributed by atoms with Crippen LogP contribution in [0.4, 0.5) is 5.69 Å². The Balaban J connectivity index is 1.33. The molecule has 0 aromatic heterocycles. The summed E-state index contributed by atoms with van der Waals surface area (Å²) < 4.78 is 5.23. The van der Waals surface area contributed by atoms with E-state index in [9.17, 15) is 0 Å². The second-order valence-corrected chi connectivity index (χ2v) is 6.32. The van der Waals surface area contributed by atoms with Crippen molar-refractivity contribution in [1.29, 1.82) is 0 Å². The van der Waals surface area contributed by atoms with Crippen LogP contribution in [0.1, 0.15) is 12.8 Å². The lowest BCUT2D eigenvalue weighted by Crippen LogP contribution is -2.47. The average Bonchev–Trinajstić information content (AvgIpc) is 2.67. The van der Waals surface area contributed by atoms with Gasteiger partial charge in [0.15, 0.2) is 5.96 Å². The number of ether oxygens (including phenoxy) is 1. The Morgan fingerprint density at radius 1 is 1.17 bits per heavy atom. The Labute approximate surface area is 144 Å². The van der Waals surface area contributed by atoms with Crippen LogP contribution in [0.2, 0.25) is 0 Å². The van der Waals surface area contributed by atoms with Gasteiger partial charge in [0.1, 0.15) is 5.75 Å². The number of hydrogen-bond acceptors (Lipinski definition) is 6. The van der Waals surface area contributed by atoms with Gasteiger partial charge in [-0.25, -0.2) is 0 Å².